The zero-order valence-electron chi connectivity index (χ0n) is 9.95. The van der Waals surface area contributed by atoms with Crippen molar-refractivity contribution in [3.8, 4) is 5.75 Å². The standard InChI is InChI=1S/C14H18OS/c1-4-9-16-11-5-6-12-13(10-11)15-8-7-14(12,2)3/h4-6,10H,1,7-9H2,2-3H3. The van der Waals surface area contributed by atoms with E-state index in [1.165, 1.54) is 10.5 Å². The van der Waals surface area contributed by atoms with Gasteiger partial charge in [0.15, 0.2) is 0 Å². The number of hydrogen-bond donors (Lipinski definition) is 0. The van der Waals surface area contributed by atoms with Crippen molar-refractivity contribution in [1.29, 1.82) is 0 Å². The van der Waals surface area contributed by atoms with Gasteiger partial charge in [-0.25, -0.2) is 0 Å². The fourth-order valence-corrected chi connectivity index (χ4v) is 2.64. The van der Waals surface area contributed by atoms with Crippen molar-refractivity contribution < 1.29 is 4.74 Å². The maximum absolute atomic E-state index is 5.74. The molecule has 1 aliphatic heterocycles. The molecular weight excluding hydrogens is 216 g/mol. The average molecular weight is 234 g/mol. The van der Waals surface area contributed by atoms with Crippen molar-refractivity contribution in [1.82, 2.24) is 0 Å². The lowest BCUT2D eigenvalue weighted by atomic mass is 9.80. The van der Waals surface area contributed by atoms with Crippen LogP contribution in [0.5, 0.6) is 5.75 Å². The van der Waals surface area contributed by atoms with Gasteiger partial charge in [0.25, 0.3) is 0 Å². The summed E-state index contributed by atoms with van der Waals surface area (Å²) < 4.78 is 5.74. The van der Waals surface area contributed by atoms with Crippen LogP contribution < -0.4 is 4.74 Å². The Balaban J connectivity index is 2.28. The number of fused-ring (bicyclic) bond motifs is 1. The van der Waals surface area contributed by atoms with Crippen LogP contribution in [0.4, 0.5) is 0 Å². The molecule has 16 heavy (non-hydrogen) atoms. The first-order valence-corrected chi connectivity index (χ1v) is 6.63. The Morgan fingerprint density at radius 2 is 2.31 bits per heavy atom. The lowest BCUT2D eigenvalue weighted by Crippen LogP contribution is -2.26. The Hall–Kier alpha value is -0.890. The zero-order valence-corrected chi connectivity index (χ0v) is 10.8. The first kappa shape index (κ1) is 11.6. The first-order valence-electron chi connectivity index (χ1n) is 5.64. The summed E-state index contributed by atoms with van der Waals surface area (Å²) in [6.07, 6.45) is 3.02. The number of ether oxygens (including phenoxy) is 1. The highest BCUT2D eigenvalue weighted by atomic mass is 32.2. The van der Waals surface area contributed by atoms with Gasteiger partial charge in [0, 0.05) is 10.6 Å². The maximum atomic E-state index is 5.74. The van der Waals surface area contributed by atoms with Crippen LogP contribution in [0.25, 0.3) is 0 Å². The predicted molar refractivity (Wildman–Crippen MR) is 70.5 cm³/mol. The normalized spacial score (nSPS) is 17.4. The summed E-state index contributed by atoms with van der Waals surface area (Å²) in [5.41, 5.74) is 1.58. The largest absolute Gasteiger partial charge is 0.493 e. The van der Waals surface area contributed by atoms with Gasteiger partial charge in [-0.05, 0) is 29.5 Å². The molecule has 0 N–H and O–H groups in total. The van der Waals surface area contributed by atoms with Crippen molar-refractivity contribution in [2.45, 2.75) is 30.6 Å². The number of benzene rings is 1. The summed E-state index contributed by atoms with van der Waals surface area (Å²) in [6, 6.07) is 6.55. The van der Waals surface area contributed by atoms with Crippen molar-refractivity contribution in [2.75, 3.05) is 12.4 Å². The Kier molecular flexibility index (Phi) is 3.29. The molecule has 0 atom stereocenters. The molecule has 0 unspecified atom stereocenters. The van der Waals surface area contributed by atoms with E-state index in [1.807, 2.05) is 6.08 Å². The van der Waals surface area contributed by atoms with Crippen molar-refractivity contribution >= 4 is 11.8 Å². The van der Waals surface area contributed by atoms with Gasteiger partial charge in [-0.1, -0.05) is 26.0 Å². The van der Waals surface area contributed by atoms with E-state index in [2.05, 4.69) is 38.6 Å². The van der Waals surface area contributed by atoms with Gasteiger partial charge in [0.2, 0.25) is 0 Å². The van der Waals surface area contributed by atoms with Gasteiger partial charge in [-0.3, -0.25) is 0 Å². The molecular formula is C14H18OS. The second kappa shape index (κ2) is 4.54. The molecule has 1 aliphatic rings. The molecule has 0 fully saturated rings. The van der Waals surface area contributed by atoms with Crippen molar-refractivity contribution in [2.24, 2.45) is 0 Å². The molecule has 0 aliphatic carbocycles. The molecule has 86 valence electrons. The van der Waals surface area contributed by atoms with Crippen LogP contribution in [0.15, 0.2) is 35.7 Å². The van der Waals surface area contributed by atoms with Gasteiger partial charge >= 0.3 is 0 Å². The van der Waals surface area contributed by atoms with E-state index in [-0.39, 0.29) is 5.41 Å². The van der Waals surface area contributed by atoms with Crippen LogP contribution >= 0.6 is 11.8 Å². The Morgan fingerprint density at radius 3 is 3.06 bits per heavy atom. The molecule has 2 heteroatoms. The Labute approximate surface area is 102 Å². The third-order valence-electron chi connectivity index (χ3n) is 3.03. The molecule has 0 spiro atoms. The van der Waals surface area contributed by atoms with Gasteiger partial charge in [0.1, 0.15) is 5.75 Å². The van der Waals surface area contributed by atoms with Crippen LogP contribution in [-0.2, 0) is 5.41 Å². The molecule has 0 saturated carbocycles. The van der Waals surface area contributed by atoms with Gasteiger partial charge in [-0.2, -0.15) is 0 Å². The van der Waals surface area contributed by atoms with E-state index < -0.39 is 0 Å². The molecule has 0 radical (unpaired) electrons. The van der Waals surface area contributed by atoms with E-state index in [4.69, 9.17) is 4.74 Å². The summed E-state index contributed by atoms with van der Waals surface area (Å²) in [5, 5.41) is 0. The minimum absolute atomic E-state index is 0.245. The van der Waals surface area contributed by atoms with E-state index in [1.54, 1.807) is 11.8 Å². The summed E-state index contributed by atoms with van der Waals surface area (Å²) >= 11 is 1.80. The van der Waals surface area contributed by atoms with E-state index in [0.29, 0.717) is 0 Å². The maximum Gasteiger partial charge on any atom is 0.124 e. The minimum Gasteiger partial charge on any atom is -0.493 e. The quantitative estimate of drug-likeness (QED) is 0.577. The molecule has 1 heterocycles. The first-order chi connectivity index (χ1) is 7.63. The fraction of sp³-hybridized carbons (Fsp3) is 0.429. The molecule has 0 aromatic heterocycles. The monoisotopic (exact) mass is 234 g/mol. The highest BCUT2D eigenvalue weighted by molar-refractivity contribution is 7.99. The predicted octanol–water partition coefficient (Wildman–Crippen LogP) is 4.02. The van der Waals surface area contributed by atoms with Crippen LogP contribution in [0.2, 0.25) is 0 Å². The van der Waals surface area contributed by atoms with E-state index in [9.17, 15) is 0 Å². The van der Waals surface area contributed by atoms with Crippen molar-refractivity contribution in [3.63, 3.8) is 0 Å². The SMILES string of the molecule is C=CCSc1ccc2c(c1)OCCC2(C)C. The van der Waals surface area contributed by atoms with Gasteiger partial charge in [-0.15, -0.1) is 18.3 Å². The van der Waals surface area contributed by atoms with Gasteiger partial charge < -0.3 is 4.74 Å². The molecule has 0 amide bonds. The number of hydrogen-bond acceptors (Lipinski definition) is 2. The third kappa shape index (κ3) is 2.27. The van der Waals surface area contributed by atoms with Crippen molar-refractivity contribution in [3.05, 3.63) is 36.4 Å². The van der Waals surface area contributed by atoms with Gasteiger partial charge in [0.05, 0.1) is 6.61 Å². The molecule has 1 aromatic rings. The average Bonchev–Trinajstić information content (AvgIpc) is 2.25. The molecule has 1 nitrogen and oxygen atoms in total. The molecule has 0 saturated heterocycles. The Bertz CT molecular complexity index is 396. The van der Waals surface area contributed by atoms with E-state index >= 15 is 0 Å². The highest BCUT2D eigenvalue weighted by Gasteiger charge is 2.28. The Morgan fingerprint density at radius 1 is 1.50 bits per heavy atom. The zero-order chi connectivity index (χ0) is 11.6. The second-order valence-electron chi connectivity index (χ2n) is 4.74. The molecule has 1 aromatic carbocycles. The van der Waals surface area contributed by atoms with Crippen LogP contribution in [-0.4, -0.2) is 12.4 Å². The minimum atomic E-state index is 0.245. The van der Waals surface area contributed by atoms with E-state index in [0.717, 1.165) is 24.5 Å². The summed E-state index contributed by atoms with van der Waals surface area (Å²) in [5.74, 6) is 2.01. The lowest BCUT2D eigenvalue weighted by Gasteiger charge is -2.32. The summed E-state index contributed by atoms with van der Waals surface area (Å²) in [7, 11) is 0. The fourth-order valence-electron chi connectivity index (χ4n) is 1.98. The highest BCUT2D eigenvalue weighted by Crippen LogP contribution is 2.40. The third-order valence-corrected chi connectivity index (χ3v) is 4.02. The van der Waals surface area contributed by atoms with Crippen LogP contribution in [0, 0.1) is 0 Å². The number of thioether (sulfide) groups is 1. The summed E-state index contributed by atoms with van der Waals surface area (Å²) in [6.45, 7) is 9.13. The number of rotatable bonds is 3. The molecule has 2 rings (SSSR count). The lowest BCUT2D eigenvalue weighted by molar-refractivity contribution is 0.233. The van der Waals surface area contributed by atoms with Crippen LogP contribution in [0.1, 0.15) is 25.8 Å². The molecule has 0 bridgehead atoms. The summed E-state index contributed by atoms with van der Waals surface area (Å²) in [4.78, 5) is 1.26. The second-order valence-corrected chi connectivity index (χ2v) is 5.83. The van der Waals surface area contributed by atoms with Crippen LogP contribution in [0.3, 0.4) is 0 Å². The topological polar surface area (TPSA) is 9.23 Å². The smallest absolute Gasteiger partial charge is 0.124 e.